The first-order valence-electron chi connectivity index (χ1n) is 28.9. The molecule has 0 aliphatic heterocycles. The molecule has 0 radical (unpaired) electrons. The summed E-state index contributed by atoms with van der Waals surface area (Å²) in [6.45, 7) is 4.94. The van der Waals surface area contributed by atoms with Crippen molar-refractivity contribution >= 4 is 11.9 Å². The third-order valence-corrected chi connectivity index (χ3v) is 13.6. The Morgan fingerprint density at radius 3 is 1.11 bits per heavy atom. The normalized spacial score (nSPS) is 12.6. The average molecular weight is 905 g/mol. The highest BCUT2D eigenvalue weighted by molar-refractivity contribution is 5.76. The molecule has 1 amide bonds. The van der Waals surface area contributed by atoms with Gasteiger partial charge in [-0.2, -0.15) is 0 Å². The molecule has 0 rings (SSSR count). The van der Waals surface area contributed by atoms with E-state index in [2.05, 4.69) is 31.3 Å². The first kappa shape index (κ1) is 62.6. The summed E-state index contributed by atoms with van der Waals surface area (Å²) in [5.41, 5.74) is 0. The molecule has 0 heterocycles. The summed E-state index contributed by atoms with van der Waals surface area (Å²) in [5.74, 6) is -0.0319. The van der Waals surface area contributed by atoms with E-state index in [-0.39, 0.29) is 18.5 Å². The van der Waals surface area contributed by atoms with Crippen LogP contribution in [0, 0.1) is 0 Å². The van der Waals surface area contributed by atoms with Crippen molar-refractivity contribution < 1.29 is 24.5 Å². The summed E-state index contributed by atoms with van der Waals surface area (Å²) in [6, 6.07) is -0.544. The number of hydrogen-bond donors (Lipinski definition) is 3. The van der Waals surface area contributed by atoms with Crippen molar-refractivity contribution in [1.82, 2.24) is 5.32 Å². The first-order chi connectivity index (χ1) is 31.5. The predicted octanol–water partition coefficient (Wildman–Crippen LogP) is 17.7. The quantitative estimate of drug-likeness (QED) is 0.0321. The molecule has 0 aliphatic rings. The lowest BCUT2D eigenvalue weighted by Crippen LogP contribution is -2.45. The highest BCUT2D eigenvalue weighted by Gasteiger charge is 2.20. The van der Waals surface area contributed by atoms with Crippen LogP contribution in [0.2, 0.25) is 0 Å². The van der Waals surface area contributed by atoms with E-state index in [1.807, 2.05) is 0 Å². The Kier molecular flexibility index (Phi) is 53.0. The maximum absolute atomic E-state index is 12.4. The van der Waals surface area contributed by atoms with Crippen molar-refractivity contribution in [3.63, 3.8) is 0 Å². The van der Waals surface area contributed by atoms with Gasteiger partial charge in [-0.15, -0.1) is 0 Å². The highest BCUT2D eigenvalue weighted by Crippen LogP contribution is 2.17. The zero-order valence-electron chi connectivity index (χ0n) is 43.3. The molecule has 0 saturated heterocycles. The monoisotopic (exact) mass is 904 g/mol. The zero-order chi connectivity index (χ0) is 46.5. The maximum atomic E-state index is 12.4. The topological polar surface area (TPSA) is 95.9 Å². The predicted molar refractivity (Wildman–Crippen MR) is 278 cm³/mol. The lowest BCUT2D eigenvalue weighted by molar-refractivity contribution is -0.143. The number of unbranched alkanes of at least 4 members (excludes halogenated alkanes) is 41. The Hall–Kier alpha value is -1.40. The summed E-state index contributed by atoms with van der Waals surface area (Å²) in [5, 5.41) is 23.1. The molecule has 0 aromatic carbocycles. The smallest absolute Gasteiger partial charge is 0.305 e. The van der Waals surface area contributed by atoms with Gasteiger partial charge in [0.15, 0.2) is 0 Å². The second-order valence-corrected chi connectivity index (χ2v) is 20.0. The van der Waals surface area contributed by atoms with Gasteiger partial charge in [-0.05, 0) is 51.4 Å². The van der Waals surface area contributed by atoms with Crippen molar-refractivity contribution in [1.29, 1.82) is 0 Å². The van der Waals surface area contributed by atoms with Crippen LogP contribution in [0.15, 0.2) is 12.2 Å². The lowest BCUT2D eigenvalue weighted by atomic mass is 10.0. The molecule has 6 nitrogen and oxygen atoms in total. The van der Waals surface area contributed by atoms with E-state index < -0.39 is 12.1 Å². The van der Waals surface area contributed by atoms with Crippen molar-refractivity contribution in [3.05, 3.63) is 12.2 Å². The second kappa shape index (κ2) is 54.2. The number of esters is 1. The van der Waals surface area contributed by atoms with Crippen LogP contribution in [-0.2, 0) is 14.3 Å². The molecule has 0 saturated carbocycles. The molecule has 0 bridgehead atoms. The number of aliphatic hydroxyl groups is 2. The summed E-state index contributed by atoms with van der Waals surface area (Å²) >= 11 is 0. The van der Waals surface area contributed by atoms with E-state index in [1.54, 1.807) is 0 Å². The molecule has 2 atom stereocenters. The number of nitrogens with one attached hydrogen (secondary N) is 1. The number of amides is 1. The van der Waals surface area contributed by atoms with Gasteiger partial charge in [0, 0.05) is 12.8 Å². The van der Waals surface area contributed by atoms with Crippen LogP contribution in [0.4, 0.5) is 0 Å². The number of aliphatic hydroxyl groups excluding tert-OH is 2. The first-order valence-corrected chi connectivity index (χ1v) is 28.9. The molecule has 380 valence electrons. The summed E-state index contributed by atoms with van der Waals surface area (Å²) in [7, 11) is 0. The van der Waals surface area contributed by atoms with E-state index in [4.69, 9.17) is 4.74 Å². The fourth-order valence-corrected chi connectivity index (χ4v) is 9.11. The van der Waals surface area contributed by atoms with Crippen molar-refractivity contribution in [2.75, 3.05) is 13.2 Å². The summed E-state index contributed by atoms with van der Waals surface area (Å²) < 4.78 is 5.49. The van der Waals surface area contributed by atoms with Crippen molar-refractivity contribution in [2.24, 2.45) is 0 Å². The molecule has 3 N–H and O–H groups in total. The number of carbonyl (C=O) groups excluding carboxylic acids is 2. The van der Waals surface area contributed by atoms with Gasteiger partial charge in [0.05, 0.1) is 25.4 Å². The van der Waals surface area contributed by atoms with Crippen LogP contribution < -0.4 is 5.32 Å². The Bertz CT molecular complexity index is 955. The molecule has 0 spiro atoms. The van der Waals surface area contributed by atoms with Gasteiger partial charge >= 0.3 is 5.97 Å². The van der Waals surface area contributed by atoms with Crippen LogP contribution in [0.25, 0.3) is 0 Å². The number of allylic oxidation sites excluding steroid dienone is 2. The van der Waals surface area contributed by atoms with Gasteiger partial charge in [-0.3, -0.25) is 9.59 Å². The van der Waals surface area contributed by atoms with Crippen LogP contribution >= 0.6 is 0 Å². The second-order valence-electron chi connectivity index (χ2n) is 20.0. The van der Waals surface area contributed by atoms with E-state index in [1.165, 1.54) is 250 Å². The van der Waals surface area contributed by atoms with E-state index in [0.717, 1.165) is 38.5 Å². The molecule has 0 fully saturated rings. The van der Waals surface area contributed by atoms with Gasteiger partial charge in [-0.1, -0.05) is 270 Å². The van der Waals surface area contributed by atoms with E-state index in [9.17, 15) is 19.8 Å². The van der Waals surface area contributed by atoms with Gasteiger partial charge < -0.3 is 20.3 Å². The molecule has 2 unspecified atom stereocenters. The Labute approximate surface area is 399 Å². The van der Waals surface area contributed by atoms with Gasteiger partial charge in [-0.25, -0.2) is 0 Å². The molecular weight excluding hydrogens is 791 g/mol. The lowest BCUT2D eigenvalue weighted by Gasteiger charge is -2.22. The SMILES string of the molecule is CCCCCCCCCCCCCCCCCCCC(=O)OCCCCCCCCCCCC/C=C\CCCCCCCCCC(=O)NC(CO)C(O)CCCCCCCCCCC. The van der Waals surface area contributed by atoms with Gasteiger partial charge in [0.25, 0.3) is 0 Å². The van der Waals surface area contributed by atoms with Gasteiger partial charge in [0.2, 0.25) is 5.91 Å². The fraction of sp³-hybridized carbons (Fsp3) is 0.931. The largest absolute Gasteiger partial charge is 0.466 e. The maximum Gasteiger partial charge on any atom is 0.305 e. The third kappa shape index (κ3) is 50.0. The van der Waals surface area contributed by atoms with E-state index in [0.29, 0.717) is 25.9 Å². The summed E-state index contributed by atoms with van der Waals surface area (Å²) in [6.07, 6.45) is 63.6. The number of rotatable bonds is 54. The molecule has 0 aliphatic carbocycles. The minimum absolute atomic E-state index is 0.0124. The minimum Gasteiger partial charge on any atom is -0.466 e. The van der Waals surface area contributed by atoms with Crippen LogP contribution in [0.3, 0.4) is 0 Å². The Balaban J connectivity index is 3.37. The van der Waals surface area contributed by atoms with Crippen molar-refractivity contribution in [3.8, 4) is 0 Å². The highest BCUT2D eigenvalue weighted by atomic mass is 16.5. The number of ether oxygens (including phenoxy) is 1. The van der Waals surface area contributed by atoms with E-state index >= 15 is 0 Å². The molecule has 6 heteroatoms. The van der Waals surface area contributed by atoms with Gasteiger partial charge in [0.1, 0.15) is 0 Å². The Morgan fingerprint density at radius 1 is 0.422 bits per heavy atom. The minimum atomic E-state index is -0.666. The molecular formula is C58H113NO5. The number of hydrogen-bond acceptors (Lipinski definition) is 5. The van der Waals surface area contributed by atoms with Crippen LogP contribution in [-0.4, -0.2) is 47.4 Å². The van der Waals surface area contributed by atoms with Crippen LogP contribution in [0.1, 0.15) is 322 Å². The third-order valence-electron chi connectivity index (χ3n) is 13.6. The fourth-order valence-electron chi connectivity index (χ4n) is 9.11. The molecule has 0 aromatic heterocycles. The Morgan fingerprint density at radius 2 is 0.734 bits per heavy atom. The standard InChI is InChI=1S/C58H113NO5/c1-3-5-7-9-11-13-14-15-16-22-26-29-32-36-40-44-48-52-58(63)64-53-49-45-41-37-33-30-27-24-21-19-17-18-20-23-25-28-31-35-39-43-47-51-57(62)59-55(54-60)56(61)50-46-42-38-34-12-10-8-6-4-2/h18,20,55-56,60-61H,3-17,19,21-54H2,1-2H3,(H,59,62)/b20-18-. The molecule has 64 heavy (non-hydrogen) atoms. The summed E-state index contributed by atoms with van der Waals surface area (Å²) in [4.78, 5) is 24.5. The number of carbonyl (C=O) groups is 2. The average Bonchev–Trinajstić information content (AvgIpc) is 3.29. The molecule has 0 aromatic rings. The zero-order valence-corrected chi connectivity index (χ0v) is 43.3. The van der Waals surface area contributed by atoms with Crippen LogP contribution in [0.5, 0.6) is 0 Å². The van der Waals surface area contributed by atoms with Crippen molar-refractivity contribution in [2.45, 2.75) is 334 Å².